The third-order valence-electron chi connectivity index (χ3n) is 6.25. The Balaban J connectivity index is 2.17. The Morgan fingerprint density at radius 1 is 0.795 bits per heavy atom. The van der Waals surface area contributed by atoms with Gasteiger partial charge < -0.3 is 15.1 Å². The second-order valence-corrected chi connectivity index (χ2v) is 15.3. The molecule has 0 unspecified atom stereocenters. The lowest BCUT2D eigenvalue weighted by atomic mass is 10.1. The van der Waals surface area contributed by atoms with E-state index in [1.165, 1.54) is 10.4 Å². The fourth-order valence-corrected chi connectivity index (χ4v) is 9.40. The van der Waals surface area contributed by atoms with Crippen LogP contribution in [0.4, 0.5) is 0 Å². The summed E-state index contributed by atoms with van der Waals surface area (Å²) < 4.78 is 7.03. The van der Waals surface area contributed by atoms with Gasteiger partial charge in [-0.25, -0.2) is 0 Å². The number of benzene rings is 2. The number of nitrogens with one attached hydrogen (secondary N) is 4. The quantitative estimate of drug-likeness (QED) is 0.0912. The first-order valence-corrected chi connectivity index (χ1v) is 16.3. The molecule has 0 aromatic heterocycles. The molecule has 0 fully saturated rings. The number of rotatable bonds is 13. The van der Waals surface area contributed by atoms with Gasteiger partial charge in [0.1, 0.15) is 0 Å². The fourth-order valence-electron chi connectivity index (χ4n) is 4.42. The molecule has 0 saturated heterocycles. The molecule has 39 heavy (non-hydrogen) atoms. The number of hydrazone groups is 2. The van der Waals surface area contributed by atoms with Crippen molar-refractivity contribution in [2.24, 2.45) is 10.2 Å². The molecule has 2 aromatic carbocycles. The average molecular weight is 585 g/mol. The van der Waals surface area contributed by atoms with Gasteiger partial charge in [0.05, 0.1) is 11.4 Å². The smallest absolute Gasteiger partial charge is 0.261 e. The lowest BCUT2D eigenvalue weighted by Crippen LogP contribution is -2.66. The molecule has 10 heteroatoms. The van der Waals surface area contributed by atoms with E-state index in [2.05, 4.69) is 113 Å². The van der Waals surface area contributed by atoms with Crippen LogP contribution in [0.3, 0.4) is 0 Å². The Hall–Kier alpha value is -2.66. The normalized spacial score (nSPS) is 12.6. The van der Waals surface area contributed by atoms with Crippen LogP contribution >= 0.6 is 24.4 Å². The largest absolute Gasteiger partial charge is 0.407 e. The number of thiocarbonyl (C=S) groups is 2. The lowest BCUT2D eigenvalue weighted by molar-refractivity contribution is 0.289. The molecule has 0 saturated carbocycles. The van der Waals surface area contributed by atoms with Crippen LogP contribution in [-0.2, 0) is 4.43 Å². The molecule has 7 nitrogen and oxygen atoms in total. The van der Waals surface area contributed by atoms with E-state index in [1.807, 2.05) is 20.8 Å². The zero-order valence-corrected chi connectivity index (χ0v) is 26.8. The molecule has 0 heterocycles. The second kappa shape index (κ2) is 16.4. The van der Waals surface area contributed by atoms with E-state index >= 15 is 0 Å². The molecule has 2 rings (SSSR count). The van der Waals surface area contributed by atoms with Gasteiger partial charge >= 0.3 is 0 Å². The highest BCUT2D eigenvalue weighted by Crippen LogP contribution is 2.36. The average Bonchev–Trinajstić information content (AvgIpc) is 2.91. The highest BCUT2D eigenvalue weighted by molar-refractivity contribution is 7.80. The van der Waals surface area contributed by atoms with E-state index in [0.29, 0.717) is 16.8 Å². The first kappa shape index (κ1) is 32.5. The van der Waals surface area contributed by atoms with Gasteiger partial charge in [0.25, 0.3) is 8.32 Å². The summed E-state index contributed by atoms with van der Waals surface area (Å²) in [6, 6.07) is 21.5. The zero-order valence-electron chi connectivity index (χ0n) is 24.1. The molecule has 212 valence electrons. The van der Waals surface area contributed by atoms with Crippen molar-refractivity contribution in [3.8, 4) is 0 Å². The fraction of sp³-hybridized carbons (Fsp3) is 0.448. The Morgan fingerprint density at radius 2 is 1.28 bits per heavy atom. The van der Waals surface area contributed by atoms with Crippen LogP contribution in [0.1, 0.15) is 60.8 Å². The van der Waals surface area contributed by atoms with Crippen LogP contribution in [0.25, 0.3) is 0 Å². The number of hydrogen-bond acceptors (Lipinski definition) is 5. The molecule has 0 aliphatic rings. The monoisotopic (exact) mass is 584 g/mol. The van der Waals surface area contributed by atoms with Crippen molar-refractivity contribution in [3.05, 3.63) is 60.7 Å². The highest BCUT2D eigenvalue weighted by Gasteiger charge is 2.49. The van der Waals surface area contributed by atoms with Crippen molar-refractivity contribution in [2.75, 3.05) is 19.7 Å². The molecule has 0 spiro atoms. The van der Waals surface area contributed by atoms with Gasteiger partial charge in [0.2, 0.25) is 0 Å². The summed E-state index contributed by atoms with van der Waals surface area (Å²) in [5.74, 6) is 0. The Bertz CT molecular complexity index is 1060. The Kier molecular flexibility index (Phi) is 13.7. The molecule has 4 N–H and O–H groups in total. The summed E-state index contributed by atoms with van der Waals surface area (Å²) in [7, 11) is -2.54. The van der Waals surface area contributed by atoms with E-state index in [4.69, 9.17) is 28.9 Å². The first-order valence-electron chi connectivity index (χ1n) is 13.6. The standard InChI is InChI=1S/C29H44N6OS2Si/c1-7-30-27(37)34-32-23(3)26(33-35-28(38)31-8-2)21-15-16-22-36-39(29(4,5)6,24-17-11-9-12-18-24)25-19-13-10-14-20-25/h9-14,17-20H,7-8,15-16,21-22H2,1-6H3,(H2,30,34,37)(H2,31,35,38)/b32-23-,33-26+. The summed E-state index contributed by atoms with van der Waals surface area (Å²) >= 11 is 10.5. The minimum atomic E-state index is -2.54. The molecule has 0 aliphatic carbocycles. The second-order valence-electron chi connectivity index (χ2n) is 10.2. The number of unbranched alkanes of at least 4 members (excludes halogenated alkanes) is 1. The summed E-state index contributed by atoms with van der Waals surface area (Å²) in [5, 5.41) is 18.5. The van der Waals surface area contributed by atoms with E-state index in [9.17, 15) is 0 Å². The number of nitrogens with zero attached hydrogens (tertiary/aromatic N) is 2. The third kappa shape index (κ3) is 9.79. The van der Waals surface area contributed by atoms with Crippen molar-refractivity contribution < 1.29 is 4.43 Å². The van der Waals surface area contributed by atoms with E-state index in [-0.39, 0.29) is 5.04 Å². The van der Waals surface area contributed by atoms with Crippen LogP contribution in [0.15, 0.2) is 70.9 Å². The molecular weight excluding hydrogens is 541 g/mol. The van der Waals surface area contributed by atoms with Crippen LogP contribution in [0.5, 0.6) is 0 Å². The minimum absolute atomic E-state index is 0.0475. The predicted octanol–water partition coefficient (Wildman–Crippen LogP) is 4.43. The predicted molar refractivity (Wildman–Crippen MR) is 177 cm³/mol. The van der Waals surface area contributed by atoms with Crippen LogP contribution in [0, 0.1) is 0 Å². The lowest BCUT2D eigenvalue weighted by Gasteiger charge is -2.43. The van der Waals surface area contributed by atoms with Crippen molar-refractivity contribution in [3.63, 3.8) is 0 Å². The SMILES string of the molecule is CCNC(=S)N/N=C(C)\C(CCCCO[Si](c1ccccc1)(c1ccccc1)C(C)(C)C)=N\NC(=S)NCC. The maximum atomic E-state index is 7.03. The Morgan fingerprint density at radius 3 is 1.74 bits per heavy atom. The van der Waals surface area contributed by atoms with Crippen molar-refractivity contribution in [2.45, 2.75) is 65.8 Å². The summed E-state index contributed by atoms with van der Waals surface area (Å²) in [4.78, 5) is 0. The minimum Gasteiger partial charge on any atom is -0.407 e. The van der Waals surface area contributed by atoms with Crippen LogP contribution in [0.2, 0.25) is 5.04 Å². The van der Waals surface area contributed by atoms with Gasteiger partial charge in [-0.2, -0.15) is 10.2 Å². The summed E-state index contributed by atoms with van der Waals surface area (Å²) in [6.07, 6.45) is 2.49. The van der Waals surface area contributed by atoms with Gasteiger partial charge in [-0.05, 0) is 79.9 Å². The van der Waals surface area contributed by atoms with Crippen molar-refractivity contribution >= 4 is 64.8 Å². The van der Waals surface area contributed by atoms with Gasteiger partial charge in [0.15, 0.2) is 10.2 Å². The van der Waals surface area contributed by atoms with Gasteiger partial charge in [-0.15, -0.1) is 0 Å². The van der Waals surface area contributed by atoms with E-state index in [1.54, 1.807) is 0 Å². The maximum Gasteiger partial charge on any atom is 0.261 e. The van der Waals surface area contributed by atoms with E-state index < -0.39 is 8.32 Å². The molecule has 0 amide bonds. The Labute approximate surface area is 246 Å². The van der Waals surface area contributed by atoms with Crippen molar-refractivity contribution in [1.82, 2.24) is 21.5 Å². The summed E-state index contributed by atoms with van der Waals surface area (Å²) in [6.45, 7) is 14.9. The van der Waals surface area contributed by atoms with Gasteiger partial charge in [0, 0.05) is 19.7 Å². The van der Waals surface area contributed by atoms with Crippen LogP contribution in [-0.4, -0.2) is 49.7 Å². The zero-order chi connectivity index (χ0) is 28.7. The highest BCUT2D eigenvalue weighted by atomic mass is 32.1. The van der Waals surface area contributed by atoms with Crippen LogP contribution < -0.4 is 31.9 Å². The third-order valence-corrected chi connectivity index (χ3v) is 11.8. The molecular formula is C29H44N6OS2Si. The van der Waals surface area contributed by atoms with Gasteiger partial charge in [-0.3, -0.25) is 10.9 Å². The summed E-state index contributed by atoms with van der Waals surface area (Å²) in [5.41, 5.74) is 7.37. The van der Waals surface area contributed by atoms with Gasteiger partial charge in [-0.1, -0.05) is 81.4 Å². The number of hydrogen-bond donors (Lipinski definition) is 4. The maximum absolute atomic E-state index is 7.03. The van der Waals surface area contributed by atoms with Crippen molar-refractivity contribution in [1.29, 1.82) is 0 Å². The first-order chi connectivity index (χ1) is 18.7. The molecule has 2 aromatic rings. The molecule has 0 radical (unpaired) electrons. The topological polar surface area (TPSA) is 82.1 Å². The molecule has 0 aliphatic heterocycles. The molecule has 0 bridgehead atoms. The van der Waals surface area contributed by atoms with E-state index in [0.717, 1.165) is 43.8 Å². The molecule has 0 atom stereocenters.